The smallest absolute Gasteiger partial charge is 0.255 e. The normalized spacial score (nSPS) is 9.45. The van der Waals surface area contributed by atoms with Gasteiger partial charge in [-0.2, -0.15) is 0 Å². The highest BCUT2D eigenvalue weighted by Gasteiger charge is 2.07. The molecule has 114 valence electrons. The lowest BCUT2D eigenvalue weighted by molar-refractivity contribution is 0.102. The first kappa shape index (κ1) is 17.4. The maximum absolute atomic E-state index is 12.1. The lowest BCUT2D eigenvalue weighted by Gasteiger charge is -2.07. The van der Waals surface area contributed by atoms with Crippen LogP contribution in [0, 0.1) is 10.8 Å². The lowest BCUT2D eigenvalue weighted by Crippen LogP contribution is -2.15. The van der Waals surface area contributed by atoms with Crippen molar-refractivity contribution < 1.29 is 4.79 Å². The monoisotopic (exact) mass is 361 g/mol. The topological polar surface area (TPSA) is 129 Å². The number of nitrogen functional groups attached to an aromatic ring is 2. The van der Waals surface area contributed by atoms with Gasteiger partial charge in [0.25, 0.3) is 5.91 Å². The second-order valence-corrected chi connectivity index (χ2v) is 4.44. The average Bonchev–Trinajstić information content (AvgIpc) is 2.47. The number of hydrogen-bond acceptors (Lipinski definition) is 3. The van der Waals surface area contributed by atoms with Gasteiger partial charge in [-0.15, -0.1) is 17.0 Å². The molecule has 0 atom stereocenters. The Labute approximate surface area is 138 Å². The molecular weight excluding hydrogens is 346 g/mol. The maximum Gasteiger partial charge on any atom is 0.255 e. The Morgan fingerprint density at radius 2 is 1.41 bits per heavy atom. The van der Waals surface area contributed by atoms with E-state index in [9.17, 15) is 4.79 Å². The quantitative estimate of drug-likeness (QED) is 0.422. The van der Waals surface area contributed by atoms with Crippen LogP contribution in [-0.2, 0) is 0 Å². The summed E-state index contributed by atoms with van der Waals surface area (Å²) in [6.07, 6.45) is 0. The molecule has 0 aliphatic heterocycles. The minimum absolute atomic E-state index is 0. The van der Waals surface area contributed by atoms with E-state index in [1.807, 2.05) is 0 Å². The van der Waals surface area contributed by atoms with Gasteiger partial charge in [0.05, 0.1) is 0 Å². The fraction of sp³-hybridized carbons (Fsp3) is 0. The molecule has 0 aliphatic carbocycles. The van der Waals surface area contributed by atoms with E-state index in [1.54, 1.807) is 48.5 Å². The molecule has 7 heteroatoms. The molecule has 2 aromatic rings. The minimum Gasteiger partial charge on any atom is -0.384 e. The van der Waals surface area contributed by atoms with Gasteiger partial charge >= 0.3 is 0 Å². The van der Waals surface area contributed by atoms with Gasteiger partial charge in [-0.1, -0.05) is 24.3 Å². The zero-order valence-electron chi connectivity index (χ0n) is 11.6. The Kier molecular flexibility index (Phi) is 5.82. The highest BCUT2D eigenvalue weighted by Crippen LogP contribution is 2.12. The molecule has 2 aromatic carbocycles. The molecule has 0 saturated carbocycles. The Morgan fingerprint density at radius 3 is 1.95 bits per heavy atom. The van der Waals surface area contributed by atoms with Gasteiger partial charge in [-0.3, -0.25) is 15.6 Å². The lowest BCUT2D eigenvalue weighted by atomic mass is 10.1. The van der Waals surface area contributed by atoms with Crippen LogP contribution in [0.15, 0.2) is 48.5 Å². The van der Waals surface area contributed by atoms with Crippen LogP contribution in [0.4, 0.5) is 5.69 Å². The number of carbonyl (C=O) groups is 1. The van der Waals surface area contributed by atoms with E-state index in [0.29, 0.717) is 22.4 Å². The zero-order chi connectivity index (χ0) is 15.4. The molecule has 0 heterocycles. The van der Waals surface area contributed by atoms with Crippen LogP contribution in [-0.4, -0.2) is 17.6 Å². The van der Waals surface area contributed by atoms with E-state index in [1.165, 1.54) is 0 Å². The first-order chi connectivity index (χ1) is 9.97. The van der Waals surface area contributed by atoms with Crippen LogP contribution in [0.1, 0.15) is 21.5 Å². The van der Waals surface area contributed by atoms with E-state index in [0.717, 1.165) is 0 Å². The van der Waals surface area contributed by atoms with Crippen molar-refractivity contribution in [3.63, 3.8) is 0 Å². The predicted octanol–water partition coefficient (Wildman–Crippen LogP) is 2.08. The second kappa shape index (κ2) is 7.37. The molecule has 0 aromatic heterocycles. The molecule has 0 unspecified atom stereocenters. The maximum atomic E-state index is 12.1. The van der Waals surface area contributed by atoms with Gasteiger partial charge < -0.3 is 16.8 Å². The van der Waals surface area contributed by atoms with Crippen molar-refractivity contribution >= 4 is 40.2 Å². The molecule has 7 N–H and O–H groups in total. The number of nitrogens with one attached hydrogen (secondary N) is 3. The number of rotatable bonds is 4. The second-order valence-electron chi connectivity index (χ2n) is 4.44. The summed E-state index contributed by atoms with van der Waals surface area (Å²) in [5.74, 6) is -0.390. The largest absolute Gasteiger partial charge is 0.384 e. The fourth-order valence-corrected chi connectivity index (χ4v) is 1.77. The predicted molar refractivity (Wildman–Crippen MR) is 93.2 cm³/mol. The van der Waals surface area contributed by atoms with Crippen LogP contribution in [0.25, 0.3) is 0 Å². The number of halogens is 1. The summed E-state index contributed by atoms with van der Waals surface area (Å²) in [4.78, 5) is 12.1. The van der Waals surface area contributed by atoms with Crippen molar-refractivity contribution in [1.82, 2.24) is 0 Å². The van der Waals surface area contributed by atoms with Crippen molar-refractivity contribution in [3.05, 3.63) is 65.2 Å². The van der Waals surface area contributed by atoms with Crippen molar-refractivity contribution in [1.29, 1.82) is 10.8 Å². The molecule has 0 aliphatic rings. The third-order valence-corrected chi connectivity index (χ3v) is 2.89. The summed E-state index contributed by atoms with van der Waals surface area (Å²) in [6, 6.07) is 13.2. The van der Waals surface area contributed by atoms with Gasteiger partial charge in [0.2, 0.25) is 0 Å². The molecule has 0 saturated heterocycles. The van der Waals surface area contributed by atoms with Crippen molar-refractivity contribution in [2.24, 2.45) is 11.5 Å². The number of carbonyl (C=O) groups excluding carboxylic acids is 1. The summed E-state index contributed by atoms with van der Waals surface area (Å²) < 4.78 is 0. The Hall–Kier alpha value is -2.67. The third kappa shape index (κ3) is 4.16. The minimum atomic E-state index is -0.286. The fourth-order valence-electron chi connectivity index (χ4n) is 1.77. The number of benzene rings is 2. The van der Waals surface area contributed by atoms with E-state index < -0.39 is 0 Å². The van der Waals surface area contributed by atoms with Crippen LogP contribution in [0.3, 0.4) is 0 Å². The number of hydrogen-bond donors (Lipinski definition) is 5. The molecular formula is C15H16BrN5O. The van der Waals surface area contributed by atoms with Crippen molar-refractivity contribution in [2.45, 2.75) is 0 Å². The van der Waals surface area contributed by atoms with Crippen molar-refractivity contribution in [3.8, 4) is 0 Å². The van der Waals surface area contributed by atoms with E-state index in [4.69, 9.17) is 22.3 Å². The first-order valence-corrected chi connectivity index (χ1v) is 6.17. The molecule has 22 heavy (non-hydrogen) atoms. The standard InChI is InChI=1S/C15H15N5O.BrH/c16-13(17)9-4-6-10(7-5-9)15(21)20-12-3-1-2-11(8-12)14(18)19;/h1-8H,(H3,16,17)(H3,18,19)(H,20,21);1H. The Bertz CT molecular complexity index is 712. The summed E-state index contributed by atoms with van der Waals surface area (Å²) >= 11 is 0. The molecule has 0 bridgehead atoms. The van der Waals surface area contributed by atoms with Gasteiger partial charge in [0.1, 0.15) is 11.7 Å². The van der Waals surface area contributed by atoms with Crippen LogP contribution in [0.2, 0.25) is 0 Å². The van der Waals surface area contributed by atoms with Gasteiger partial charge in [0.15, 0.2) is 0 Å². The average molecular weight is 362 g/mol. The van der Waals surface area contributed by atoms with Crippen LogP contribution >= 0.6 is 17.0 Å². The summed E-state index contributed by atoms with van der Waals surface area (Å²) in [7, 11) is 0. The highest BCUT2D eigenvalue weighted by atomic mass is 79.9. The van der Waals surface area contributed by atoms with E-state index in [2.05, 4.69) is 5.32 Å². The van der Waals surface area contributed by atoms with E-state index >= 15 is 0 Å². The molecule has 2 rings (SSSR count). The van der Waals surface area contributed by atoms with E-state index in [-0.39, 0.29) is 34.6 Å². The summed E-state index contributed by atoms with van der Waals surface area (Å²) in [6.45, 7) is 0. The summed E-state index contributed by atoms with van der Waals surface area (Å²) in [5, 5.41) is 17.4. The highest BCUT2D eigenvalue weighted by molar-refractivity contribution is 8.93. The van der Waals surface area contributed by atoms with Gasteiger partial charge in [-0.25, -0.2) is 0 Å². The third-order valence-electron chi connectivity index (χ3n) is 2.89. The van der Waals surface area contributed by atoms with Crippen LogP contribution < -0.4 is 16.8 Å². The number of amidine groups is 2. The molecule has 0 fully saturated rings. The van der Waals surface area contributed by atoms with Crippen molar-refractivity contribution in [2.75, 3.05) is 5.32 Å². The Morgan fingerprint density at radius 1 is 0.864 bits per heavy atom. The molecule has 6 nitrogen and oxygen atoms in total. The van der Waals surface area contributed by atoms with Gasteiger partial charge in [0, 0.05) is 22.4 Å². The number of anilines is 1. The first-order valence-electron chi connectivity index (χ1n) is 6.17. The number of amides is 1. The Balaban J connectivity index is 0.00000242. The van der Waals surface area contributed by atoms with Gasteiger partial charge in [-0.05, 0) is 24.3 Å². The summed E-state index contributed by atoms with van der Waals surface area (Å²) in [5.41, 5.74) is 12.9. The van der Waals surface area contributed by atoms with Crippen LogP contribution in [0.5, 0.6) is 0 Å². The number of nitrogens with two attached hydrogens (primary N) is 2. The molecule has 0 radical (unpaired) electrons. The molecule has 1 amide bonds. The molecule has 0 spiro atoms. The SMILES string of the molecule is Br.N=C(N)c1ccc(C(=O)Nc2cccc(C(=N)N)c2)cc1. The zero-order valence-corrected chi connectivity index (χ0v) is 13.3.